The van der Waals surface area contributed by atoms with Crippen LogP contribution in [0.15, 0.2) is 164 Å². The summed E-state index contributed by atoms with van der Waals surface area (Å²) in [7, 11) is 0. The average Bonchev–Trinajstić information content (AvgIpc) is 3.18. The van der Waals surface area contributed by atoms with Crippen molar-refractivity contribution in [2.45, 2.75) is 0 Å². The second kappa shape index (κ2) is 11.6. The molecule has 0 aliphatic carbocycles. The van der Waals surface area contributed by atoms with Crippen molar-refractivity contribution in [1.29, 1.82) is 0 Å². The van der Waals surface area contributed by atoms with Crippen molar-refractivity contribution in [3.8, 4) is 56.4 Å². The normalized spacial score (nSPS) is 11.3. The summed E-state index contributed by atoms with van der Waals surface area (Å²) in [6.07, 6.45) is 1.79. The third-order valence-corrected chi connectivity index (χ3v) is 8.75. The fourth-order valence-corrected chi connectivity index (χ4v) is 6.25. The van der Waals surface area contributed by atoms with Crippen LogP contribution in [0.4, 0.5) is 0 Å². The zero-order valence-corrected chi connectivity index (χ0v) is 25.8. The van der Waals surface area contributed by atoms with E-state index in [1.54, 1.807) is 6.20 Å². The third kappa shape index (κ3) is 5.04. The maximum Gasteiger partial charge on any atom is 0.160 e. The molecule has 9 rings (SSSR count). The Hall–Kier alpha value is -6.59. The first-order valence-electron chi connectivity index (χ1n) is 15.9. The van der Waals surface area contributed by atoms with E-state index >= 15 is 0 Å². The number of nitrogens with zero attached hydrogens (tertiary/aromatic N) is 5. The molecule has 48 heavy (non-hydrogen) atoms. The maximum atomic E-state index is 5.11. The van der Waals surface area contributed by atoms with Crippen LogP contribution < -0.4 is 0 Å². The van der Waals surface area contributed by atoms with E-state index in [1.807, 2.05) is 72.8 Å². The number of fused-ring (bicyclic) bond motifs is 4. The standard InChI is InChI=1S/C43H27N5/c1-2-8-34(9-3-1)43-47-37-11-5-4-10-35(37)40(48-43)31-19-15-29(16-20-31)28-13-17-30(18-14-28)36-25-23-32-21-22-33-24-26-39(38-12-6-7-27-44-38)46-42(33)41(32)45-36/h1-27H. The highest BCUT2D eigenvalue weighted by Crippen LogP contribution is 2.32. The molecule has 0 amide bonds. The first kappa shape index (κ1) is 27.7. The number of hydrogen-bond donors (Lipinski definition) is 0. The van der Waals surface area contributed by atoms with Gasteiger partial charge in [0.15, 0.2) is 5.82 Å². The quantitative estimate of drug-likeness (QED) is 0.181. The number of hydrogen-bond acceptors (Lipinski definition) is 5. The SMILES string of the molecule is c1ccc(-c2nc(-c3ccc(-c4ccc(-c5ccc6ccc7ccc(-c8ccccn8)nc7c6n5)cc4)cc3)c3ccccc3n2)cc1. The molecule has 0 spiro atoms. The molecule has 0 aliphatic rings. The Morgan fingerprint density at radius 2 is 0.917 bits per heavy atom. The summed E-state index contributed by atoms with van der Waals surface area (Å²) >= 11 is 0. The van der Waals surface area contributed by atoms with Gasteiger partial charge in [-0.1, -0.05) is 127 Å². The van der Waals surface area contributed by atoms with E-state index in [0.29, 0.717) is 0 Å². The Kier molecular flexibility index (Phi) is 6.72. The van der Waals surface area contributed by atoms with Crippen molar-refractivity contribution in [2.75, 3.05) is 0 Å². The highest BCUT2D eigenvalue weighted by atomic mass is 14.9. The van der Waals surface area contributed by atoms with Crippen molar-refractivity contribution in [2.24, 2.45) is 0 Å². The predicted molar refractivity (Wildman–Crippen MR) is 195 cm³/mol. The molecule has 0 fully saturated rings. The lowest BCUT2D eigenvalue weighted by molar-refractivity contribution is 1.23. The van der Waals surface area contributed by atoms with Gasteiger partial charge in [-0.05, 0) is 41.5 Å². The third-order valence-electron chi connectivity index (χ3n) is 8.75. The van der Waals surface area contributed by atoms with Crippen LogP contribution in [0.2, 0.25) is 0 Å². The van der Waals surface area contributed by atoms with Gasteiger partial charge < -0.3 is 0 Å². The lowest BCUT2D eigenvalue weighted by atomic mass is 9.99. The van der Waals surface area contributed by atoms with E-state index in [0.717, 1.165) is 89.1 Å². The summed E-state index contributed by atoms with van der Waals surface area (Å²) < 4.78 is 0. The first-order valence-corrected chi connectivity index (χ1v) is 15.9. The lowest BCUT2D eigenvalue weighted by Crippen LogP contribution is -1.95. The Labute approximate surface area is 277 Å². The summed E-state index contributed by atoms with van der Waals surface area (Å²) in [4.78, 5) is 24.5. The van der Waals surface area contributed by atoms with Gasteiger partial charge in [0, 0.05) is 39.0 Å². The summed E-state index contributed by atoms with van der Waals surface area (Å²) in [5.74, 6) is 0.726. The molecule has 0 saturated carbocycles. The molecule has 4 aromatic heterocycles. The summed E-state index contributed by atoms with van der Waals surface area (Å²) in [6.45, 7) is 0. The molecule has 0 aliphatic heterocycles. The van der Waals surface area contributed by atoms with E-state index in [-0.39, 0.29) is 0 Å². The summed E-state index contributed by atoms with van der Waals surface area (Å²) in [6, 6.07) is 53.9. The molecule has 9 aromatic rings. The molecule has 5 aromatic carbocycles. The second-order valence-corrected chi connectivity index (χ2v) is 11.8. The van der Waals surface area contributed by atoms with Gasteiger partial charge in [0.2, 0.25) is 0 Å². The number of aromatic nitrogens is 5. The minimum Gasteiger partial charge on any atom is -0.255 e. The molecule has 4 heterocycles. The molecular weight excluding hydrogens is 587 g/mol. The Morgan fingerprint density at radius 1 is 0.333 bits per heavy atom. The molecule has 0 unspecified atom stereocenters. The predicted octanol–water partition coefficient (Wildman–Crippen LogP) is 10.5. The van der Waals surface area contributed by atoms with E-state index in [1.165, 1.54) is 0 Å². The van der Waals surface area contributed by atoms with E-state index in [4.69, 9.17) is 19.9 Å². The van der Waals surface area contributed by atoms with Crippen LogP contribution in [0.3, 0.4) is 0 Å². The molecule has 0 N–H and O–H groups in total. The van der Waals surface area contributed by atoms with Crippen molar-refractivity contribution in [3.05, 3.63) is 164 Å². The van der Waals surface area contributed by atoms with Gasteiger partial charge in [-0.3, -0.25) is 4.98 Å². The van der Waals surface area contributed by atoms with Crippen LogP contribution in [0.1, 0.15) is 0 Å². The van der Waals surface area contributed by atoms with Gasteiger partial charge in [0.25, 0.3) is 0 Å². The largest absolute Gasteiger partial charge is 0.255 e. The smallest absolute Gasteiger partial charge is 0.160 e. The first-order chi connectivity index (χ1) is 23.8. The number of para-hydroxylation sites is 1. The number of pyridine rings is 3. The zero-order valence-electron chi connectivity index (χ0n) is 25.8. The van der Waals surface area contributed by atoms with E-state index in [9.17, 15) is 0 Å². The molecule has 0 bridgehead atoms. The highest BCUT2D eigenvalue weighted by molar-refractivity contribution is 6.04. The fourth-order valence-electron chi connectivity index (χ4n) is 6.25. The van der Waals surface area contributed by atoms with E-state index < -0.39 is 0 Å². The van der Waals surface area contributed by atoms with Crippen molar-refractivity contribution < 1.29 is 0 Å². The molecule has 5 nitrogen and oxygen atoms in total. The van der Waals surface area contributed by atoms with Crippen LogP contribution in [0.25, 0.3) is 89.1 Å². The molecular formula is C43H27N5. The summed E-state index contributed by atoms with van der Waals surface area (Å²) in [5, 5.41) is 3.14. The fraction of sp³-hybridized carbons (Fsp3) is 0. The monoisotopic (exact) mass is 613 g/mol. The minimum atomic E-state index is 0.726. The molecule has 5 heteroatoms. The van der Waals surface area contributed by atoms with Crippen LogP contribution in [0, 0.1) is 0 Å². The second-order valence-electron chi connectivity index (χ2n) is 11.8. The Balaban J connectivity index is 1.04. The van der Waals surface area contributed by atoms with E-state index in [2.05, 4.69) is 89.9 Å². The van der Waals surface area contributed by atoms with Gasteiger partial charge in [-0.2, -0.15) is 0 Å². The molecule has 224 valence electrons. The lowest BCUT2D eigenvalue weighted by Gasteiger charge is -2.11. The van der Waals surface area contributed by atoms with Crippen LogP contribution >= 0.6 is 0 Å². The van der Waals surface area contributed by atoms with Gasteiger partial charge in [-0.15, -0.1) is 0 Å². The van der Waals surface area contributed by atoms with Crippen molar-refractivity contribution in [3.63, 3.8) is 0 Å². The van der Waals surface area contributed by atoms with Gasteiger partial charge in [-0.25, -0.2) is 19.9 Å². The minimum absolute atomic E-state index is 0.726. The zero-order chi connectivity index (χ0) is 31.9. The maximum absolute atomic E-state index is 5.11. The number of rotatable bonds is 5. The van der Waals surface area contributed by atoms with Crippen molar-refractivity contribution >= 4 is 32.7 Å². The van der Waals surface area contributed by atoms with Crippen LogP contribution in [-0.2, 0) is 0 Å². The van der Waals surface area contributed by atoms with Gasteiger partial charge in [0.1, 0.15) is 0 Å². The van der Waals surface area contributed by atoms with Gasteiger partial charge in [0.05, 0.1) is 39.3 Å². The molecule has 0 radical (unpaired) electrons. The molecule has 0 saturated heterocycles. The van der Waals surface area contributed by atoms with Crippen molar-refractivity contribution in [1.82, 2.24) is 24.9 Å². The number of benzene rings is 5. The highest BCUT2D eigenvalue weighted by Gasteiger charge is 2.13. The van der Waals surface area contributed by atoms with Crippen LogP contribution in [-0.4, -0.2) is 24.9 Å². The molecule has 0 atom stereocenters. The Bertz CT molecular complexity index is 2580. The van der Waals surface area contributed by atoms with Crippen LogP contribution in [0.5, 0.6) is 0 Å². The average molecular weight is 614 g/mol. The topological polar surface area (TPSA) is 64.5 Å². The van der Waals surface area contributed by atoms with Gasteiger partial charge >= 0.3 is 0 Å². The summed E-state index contributed by atoms with van der Waals surface area (Å²) in [5.41, 5.74) is 11.6. The Morgan fingerprint density at radius 3 is 1.62 bits per heavy atom.